The fourth-order valence-electron chi connectivity index (χ4n) is 1.69. The van der Waals surface area contributed by atoms with Gasteiger partial charge in [-0.25, -0.2) is 8.42 Å². The van der Waals surface area contributed by atoms with Crippen LogP contribution in [-0.4, -0.2) is 61.0 Å². The minimum Gasteiger partial charge on any atom is -0.368 e. The first-order chi connectivity index (χ1) is 7.88. The molecule has 0 aromatic rings. The Kier molecular flexibility index (Phi) is 5.23. The second kappa shape index (κ2) is 6.03. The Morgan fingerprint density at radius 1 is 1.59 bits per heavy atom. The number of primary amides is 1. The van der Waals surface area contributed by atoms with Crippen LogP contribution in [0.4, 0.5) is 0 Å². The highest BCUT2D eigenvalue weighted by molar-refractivity contribution is 8.01. The van der Waals surface area contributed by atoms with E-state index in [-0.39, 0.29) is 12.3 Å². The number of hydrogen-bond acceptors (Lipinski definition) is 6. The molecule has 0 radical (unpaired) electrons. The standard InChI is InChI=1S/C9H19N3O3S2/c1-2-17(14,15)8-6-16-4-3-12(8)5-7(10)9(11)13/h7-8H,2-6,10H2,1H3,(H2,11,13). The lowest BCUT2D eigenvalue weighted by Gasteiger charge is -2.35. The average Bonchev–Trinajstić information content (AvgIpc) is 2.29. The van der Waals surface area contributed by atoms with E-state index in [1.54, 1.807) is 23.6 Å². The van der Waals surface area contributed by atoms with Gasteiger partial charge in [-0.05, 0) is 0 Å². The molecule has 6 nitrogen and oxygen atoms in total. The number of carbonyl (C=O) groups excluding carboxylic acids is 1. The molecule has 0 saturated carbocycles. The first-order valence-corrected chi connectivity index (χ1v) is 8.33. The van der Waals surface area contributed by atoms with Gasteiger partial charge in [0.2, 0.25) is 5.91 Å². The summed E-state index contributed by atoms with van der Waals surface area (Å²) in [5, 5.41) is -0.545. The average molecular weight is 281 g/mol. The van der Waals surface area contributed by atoms with Crippen molar-refractivity contribution in [3.05, 3.63) is 0 Å². The quantitative estimate of drug-likeness (QED) is 0.642. The van der Waals surface area contributed by atoms with Crippen molar-refractivity contribution in [3.63, 3.8) is 0 Å². The smallest absolute Gasteiger partial charge is 0.235 e. The fourth-order valence-corrected chi connectivity index (χ4v) is 4.78. The lowest BCUT2D eigenvalue weighted by molar-refractivity contribution is -0.119. The SMILES string of the molecule is CCS(=O)(=O)C1CSCCN1CC(N)C(N)=O. The summed E-state index contributed by atoms with van der Waals surface area (Å²) in [4.78, 5) is 12.7. The Labute approximate surface area is 106 Å². The van der Waals surface area contributed by atoms with Crippen molar-refractivity contribution in [3.8, 4) is 0 Å². The van der Waals surface area contributed by atoms with Gasteiger partial charge in [-0.3, -0.25) is 9.69 Å². The number of thioether (sulfide) groups is 1. The summed E-state index contributed by atoms with van der Waals surface area (Å²) in [6.07, 6.45) is 0. The number of amides is 1. The minimum atomic E-state index is -3.14. The zero-order valence-corrected chi connectivity index (χ0v) is 11.5. The van der Waals surface area contributed by atoms with Gasteiger partial charge in [0.05, 0.1) is 6.04 Å². The topological polar surface area (TPSA) is 106 Å². The van der Waals surface area contributed by atoms with Gasteiger partial charge in [-0.1, -0.05) is 6.92 Å². The molecule has 2 unspecified atom stereocenters. The Hall–Kier alpha value is -0.310. The molecule has 1 saturated heterocycles. The van der Waals surface area contributed by atoms with Crippen LogP contribution in [0.2, 0.25) is 0 Å². The molecule has 1 aliphatic heterocycles. The number of hydrogen-bond donors (Lipinski definition) is 2. The molecule has 0 aromatic carbocycles. The predicted octanol–water partition coefficient (Wildman–Crippen LogP) is -1.39. The van der Waals surface area contributed by atoms with E-state index < -0.39 is 27.2 Å². The maximum Gasteiger partial charge on any atom is 0.235 e. The van der Waals surface area contributed by atoms with E-state index in [0.29, 0.717) is 12.3 Å². The number of nitrogens with two attached hydrogens (primary N) is 2. The Morgan fingerprint density at radius 3 is 2.76 bits per heavy atom. The Morgan fingerprint density at radius 2 is 2.24 bits per heavy atom. The van der Waals surface area contributed by atoms with E-state index in [1.807, 2.05) is 0 Å². The maximum absolute atomic E-state index is 11.9. The summed E-state index contributed by atoms with van der Waals surface area (Å²) in [5.74, 6) is 0.875. The second-order valence-electron chi connectivity index (χ2n) is 3.98. The van der Waals surface area contributed by atoms with Crippen molar-refractivity contribution >= 4 is 27.5 Å². The van der Waals surface area contributed by atoms with Crippen LogP contribution in [0.5, 0.6) is 0 Å². The first-order valence-electron chi connectivity index (χ1n) is 5.46. The Bertz CT molecular complexity index is 372. The van der Waals surface area contributed by atoms with Crippen molar-refractivity contribution in [2.45, 2.75) is 18.3 Å². The largest absolute Gasteiger partial charge is 0.368 e. The molecular formula is C9H19N3O3S2. The molecule has 1 fully saturated rings. The number of sulfone groups is 1. The summed E-state index contributed by atoms with van der Waals surface area (Å²) in [5.41, 5.74) is 10.7. The number of nitrogens with zero attached hydrogens (tertiary/aromatic N) is 1. The zero-order valence-electron chi connectivity index (χ0n) is 9.83. The third-order valence-corrected chi connectivity index (χ3v) is 6.14. The van der Waals surface area contributed by atoms with E-state index in [2.05, 4.69) is 0 Å². The van der Waals surface area contributed by atoms with Gasteiger partial charge in [0.15, 0.2) is 9.84 Å². The molecule has 1 aliphatic rings. The van der Waals surface area contributed by atoms with Crippen LogP contribution in [0, 0.1) is 0 Å². The lowest BCUT2D eigenvalue weighted by atomic mass is 10.2. The molecule has 17 heavy (non-hydrogen) atoms. The van der Waals surface area contributed by atoms with Crippen LogP contribution < -0.4 is 11.5 Å². The molecule has 1 rings (SSSR count). The van der Waals surface area contributed by atoms with Gasteiger partial charge in [0.1, 0.15) is 5.37 Å². The molecule has 0 spiro atoms. The highest BCUT2D eigenvalue weighted by atomic mass is 32.2. The van der Waals surface area contributed by atoms with Gasteiger partial charge < -0.3 is 11.5 Å². The summed E-state index contributed by atoms with van der Waals surface area (Å²) >= 11 is 1.61. The van der Waals surface area contributed by atoms with Crippen molar-refractivity contribution in [1.82, 2.24) is 4.90 Å². The second-order valence-corrected chi connectivity index (χ2v) is 7.58. The molecule has 0 aromatic heterocycles. The van der Waals surface area contributed by atoms with E-state index in [4.69, 9.17) is 11.5 Å². The molecule has 0 aliphatic carbocycles. The number of rotatable bonds is 5. The third-order valence-electron chi connectivity index (χ3n) is 2.80. The molecule has 2 atom stereocenters. The van der Waals surface area contributed by atoms with Crippen LogP contribution in [0.15, 0.2) is 0 Å². The van der Waals surface area contributed by atoms with Crippen molar-refractivity contribution in [2.24, 2.45) is 11.5 Å². The van der Waals surface area contributed by atoms with Gasteiger partial charge in [0, 0.05) is 30.3 Å². The van der Waals surface area contributed by atoms with Crippen LogP contribution in [-0.2, 0) is 14.6 Å². The third kappa shape index (κ3) is 3.84. The molecule has 1 heterocycles. The molecule has 100 valence electrons. The molecule has 0 bridgehead atoms. The van der Waals surface area contributed by atoms with Crippen molar-refractivity contribution in [1.29, 1.82) is 0 Å². The normalized spacial score (nSPS) is 24.5. The lowest BCUT2D eigenvalue weighted by Crippen LogP contribution is -2.54. The van der Waals surface area contributed by atoms with E-state index in [0.717, 1.165) is 5.75 Å². The van der Waals surface area contributed by atoms with E-state index in [9.17, 15) is 13.2 Å². The molecule has 1 amide bonds. The fraction of sp³-hybridized carbons (Fsp3) is 0.889. The van der Waals surface area contributed by atoms with Crippen molar-refractivity contribution < 1.29 is 13.2 Å². The summed E-state index contributed by atoms with van der Waals surface area (Å²) in [6.45, 7) is 2.45. The van der Waals surface area contributed by atoms with Gasteiger partial charge in [-0.2, -0.15) is 11.8 Å². The van der Waals surface area contributed by atoms with E-state index >= 15 is 0 Å². The van der Waals surface area contributed by atoms with Gasteiger partial charge in [-0.15, -0.1) is 0 Å². The first kappa shape index (κ1) is 14.7. The maximum atomic E-state index is 11.9. The van der Waals surface area contributed by atoms with Gasteiger partial charge in [0.25, 0.3) is 0 Å². The molecule has 8 heteroatoms. The number of carbonyl (C=O) groups is 1. The Balaban J connectivity index is 2.77. The van der Waals surface area contributed by atoms with Crippen LogP contribution in [0.1, 0.15) is 6.92 Å². The predicted molar refractivity (Wildman–Crippen MR) is 69.3 cm³/mol. The van der Waals surface area contributed by atoms with Gasteiger partial charge >= 0.3 is 0 Å². The summed E-state index contributed by atoms with van der Waals surface area (Å²) in [6, 6.07) is -0.812. The highest BCUT2D eigenvalue weighted by Crippen LogP contribution is 2.21. The molecular weight excluding hydrogens is 262 g/mol. The van der Waals surface area contributed by atoms with Crippen molar-refractivity contribution in [2.75, 3.05) is 30.3 Å². The highest BCUT2D eigenvalue weighted by Gasteiger charge is 2.34. The monoisotopic (exact) mass is 281 g/mol. The summed E-state index contributed by atoms with van der Waals surface area (Å²) < 4.78 is 23.8. The molecule has 4 N–H and O–H groups in total. The van der Waals surface area contributed by atoms with E-state index in [1.165, 1.54) is 0 Å². The van der Waals surface area contributed by atoms with Crippen LogP contribution in [0.3, 0.4) is 0 Å². The summed E-state index contributed by atoms with van der Waals surface area (Å²) in [7, 11) is -3.14. The van der Waals surface area contributed by atoms with Crippen LogP contribution in [0.25, 0.3) is 0 Å². The zero-order chi connectivity index (χ0) is 13.1. The van der Waals surface area contributed by atoms with Crippen LogP contribution >= 0.6 is 11.8 Å². The minimum absolute atomic E-state index is 0.0978.